The predicted octanol–water partition coefficient (Wildman–Crippen LogP) is 2.34. The number of hydrogen-bond donors (Lipinski definition) is 1. The summed E-state index contributed by atoms with van der Waals surface area (Å²) in [5.74, 6) is -0.267. The van der Waals surface area contributed by atoms with Gasteiger partial charge in [0.1, 0.15) is 0 Å². The first-order valence-corrected chi connectivity index (χ1v) is 7.70. The number of methoxy groups -OCH3 is 1. The molecule has 25 heavy (non-hydrogen) atoms. The molecule has 1 aliphatic rings. The van der Waals surface area contributed by atoms with Crippen LogP contribution in [0.4, 0.5) is 18.9 Å². The highest BCUT2D eigenvalue weighted by Crippen LogP contribution is 2.36. The monoisotopic (exact) mass is 363 g/mol. The lowest BCUT2D eigenvalue weighted by molar-refractivity contribution is -0.385. The van der Waals surface area contributed by atoms with Crippen molar-refractivity contribution in [1.29, 1.82) is 0 Å². The quantitative estimate of drug-likeness (QED) is 0.618. The average Bonchev–Trinajstić information content (AvgIpc) is 2.52. The molecule has 1 N–H and O–H groups in total. The van der Waals surface area contributed by atoms with E-state index in [9.17, 15) is 23.3 Å². The van der Waals surface area contributed by atoms with Gasteiger partial charge >= 0.3 is 6.18 Å². The maximum atomic E-state index is 12.3. The number of nitro benzene ring substituents is 1. The molecule has 1 atom stereocenters. The molecular formula is C15H20F3N3O4. The molecule has 1 fully saturated rings. The van der Waals surface area contributed by atoms with Crippen LogP contribution in [0.15, 0.2) is 12.1 Å². The van der Waals surface area contributed by atoms with Gasteiger partial charge in [-0.3, -0.25) is 15.0 Å². The van der Waals surface area contributed by atoms with Crippen LogP contribution < -0.4 is 14.8 Å². The van der Waals surface area contributed by atoms with Gasteiger partial charge in [-0.25, -0.2) is 0 Å². The number of alkyl halides is 3. The molecule has 2 rings (SSSR count). The van der Waals surface area contributed by atoms with Crippen molar-refractivity contribution in [3.05, 3.63) is 27.8 Å². The lowest BCUT2D eigenvalue weighted by Gasteiger charge is -2.31. The Hall–Kier alpha value is -2.07. The maximum Gasteiger partial charge on any atom is 0.422 e. The van der Waals surface area contributed by atoms with Crippen LogP contribution in [-0.2, 0) is 6.54 Å². The van der Waals surface area contributed by atoms with Crippen LogP contribution in [0.1, 0.15) is 12.5 Å². The zero-order valence-corrected chi connectivity index (χ0v) is 13.9. The highest BCUT2D eigenvalue weighted by atomic mass is 19.4. The Kier molecular flexibility index (Phi) is 6.07. The summed E-state index contributed by atoms with van der Waals surface area (Å²) in [6, 6.07) is 2.62. The predicted molar refractivity (Wildman–Crippen MR) is 83.9 cm³/mol. The van der Waals surface area contributed by atoms with Gasteiger partial charge < -0.3 is 14.8 Å². The Labute approximate surface area is 142 Å². The molecular weight excluding hydrogens is 343 g/mol. The number of nitro groups is 1. The van der Waals surface area contributed by atoms with E-state index in [2.05, 4.69) is 10.1 Å². The molecule has 1 aromatic rings. The second-order valence-corrected chi connectivity index (χ2v) is 5.88. The molecule has 0 radical (unpaired) electrons. The Morgan fingerprint density at radius 3 is 2.68 bits per heavy atom. The van der Waals surface area contributed by atoms with Crippen molar-refractivity contribution in [2.24, 2.45) is 0 Å². The van der Waals surface area contributed by atoms with E-state index in [4.69, 9.17) is 4.74 Å². The summed E-state index contributed by atoms with van der Waals surface area (Å²) >= 11 is 0. The molecule has 0 spiro atoms. The van der Waals surface area contributed by atoms with E-state index in [1.54, 1.807) is 0 Å². The van der Waals surface area contributed by atoms with E-state index in [1.165, 1.54) is 13.2 Å². The summed E-state index contributed by atoms with van der Waals surface area (Å²) in [6.07, 6.45) is -4.55. The van der Waals surface area contributed by atoms with Gasteiger partial charge in [0.15, 0.2) is 18.1 Å². The molecule has 140 valence electrons. The lowest BCUT2D eigenvalue weighted by atomic mass is 10.1. The summed E-state index contributed by atoms with van der Waals surface area (Å²) in [5, 5.41) is 14.6. The van der Waals surface area contributed by atoms with E-state index >= 15 is 0 Å². The van der Waals surface area contributed by atoms with Crippen LogP contribution in [0.2, 0.25) is 0 Å². The third kappa shape index (κ3) is 5.46. The lowest BCUT2D eigenvalue weighted by Crippen LogP contribution is -2.48. The van der Waals surface area contributed by atoms with Gasteiger partial charge in [-0.2, -0.15) is 13.2 Å². The zero-order valence-electron chi connectivity index (χ0n) is 13.9. The van der Waals surface area contributed by atoms with Crippen molar-refractivity contribution in [2.45, 2.75) is 25.7 Å². The van der Waals surface area contributed by atoms with Crippen molar-refractivity contribution in [3.63, 3.8) is 0 Å². The Bertz CT molecular complexity index is 625. The molecule has 0 unspecified atom stereocenters. The minimum atomic E-state index is -4.55. The van der Waals surface area contributed by atoms with E-state index in [0.717, 1.165) is 19.2 Å². The first-order chi connectivity index (χ1) is 11.7. The van der Waals surface area contributed by atoms with Crippen molar-refractivity contribution in [3.8, 4) is 11.5 Å². The van der Waals surface area contributed by atoms with E-state index in [0.29, 0.717) is 18.7 Å². The van der Waals surface area contributed by atoms with E-state index < -0.39 is 17.7 Å². The molecule has 1 aromatic carbocycles. The number of hydrogen-bond acceptors (Lipinski definition) is 6. The fraction of sp³-hybridized carbons (Fsp3) is 0.600. The van der Waals surface area contributed by atoms with Gasteiger partial charge in [0, 0.05) is 37.8 Å². The van der Waals surface area contributed by atoms with Gasteiger partial charge in [0.25, 0.3) is 5.69 Å². The molecule has 0 saturated carbocycles. The highest BCUT2D eigenvalue weighted by molar-refractivity contribution is 5.54. The van der Waals surface area contributed by atoms with Crippen molar-refractivity contribution >= 4 is 5.69 Å². The molecule has 10 heteroatoms. The second-order valence-electron chi connectivity index (χ2n) is 5.88. The Morgan fingerprint density at radius 2 is 2.12 bits per heavy atom. The topological polar surface area (TPSA) is 76.9 Å². The molecule has 0 bridgehead atoms. The van der Waals surface area contributed by atoms with Crippen molar-refractivity contribution in [2.75, 3.05) is 33.4 Å². The standard InChI is InChI=1S/C15H20F3N3O4/c1-10-7-20(4-3-19-10)8-11-5-13(24-2)14(6-12(11)21(22)23)25-9-15(16,17)18/h5-6,10,19H,3-4,7-9H2,1-2H3/t10-/m1/s1. The summed E-state index contributed by atoms with van der Waals surface area (Å²) in [7, 11) is 1.28. The summed E-state index contributed by atoms with van der Waals surface area (Å²) in [6.45, 7) is 2.96. The summed E-state index contributed by atoms with van der Waals surface area (Å²) in [4.78, 5) is 12.8. The summed E-state index contributed by atoms with van der Waals surface area (Å²) in [5.41, 5.74) is 0.0828. The molecule has 0 aliphatic carbocycles. The number of ether oxygens (including phenoxy) is 2. The second kappa shape index (κ2) is 7.87. The Morgan fingerprint density at radius 1 is 1.40 bits per heavy atom. The zero-order chi connectivity index (χ0) is 18.6. The Balaban J connectivity index is 2.27. The van der Waals surface area contributed by atoms with Gasteiger partial charge in [-0.05, 0) is 13.0 Å². The third-order valence-electron chi connectivity index (χ3n) is 3.80. The number of nitrogens with one attached hydrogen (secondary N) is 1. The fourth-order valence-corrected chi connectivity index (χ4v) is 2.72. The van der Waals surface area contributed by atoms with Crippen molar-refractivity contribution < 1.29 is 27.6 Å². The number of halogens is 3. The van der Waals surface area contributed by atoms with Crippen LogP contribution in [0.5, 0.6) is 11.5 Å². The molecule has 0 aromatic heterocycles. The molecule has 1 aliphatic heterocycles. The fourth-order valence-electron chi connectivity index (χ4n) is 2.72. The van der Waals surface area contributed by atoms with Crippen LogP contribution in [0.25, 0.3) is 0 Å². The minimum absolute atomic E-state index is 0.0352. The van der Waals surface area contributed by atoms with Crippen LogP contribution in [0.3, 0.4) is 0 Å². The molecule has 1 heterocycles. The van der Waals surface area contributed by atoms with E-state index in [-0.39, 0.29) is 23.2 Å². The van der Waals surface area contributed by atoms with Crippen molar-refractivity contribution in [1.82, 2.24) is 10.2 Å². The SMILES string of the molecule is COc1cc(CN2CCN[C@H](C)C2)c([N+](=O)[O-])cc1OCC(F)(F)F. The smallest absolute Gasteiger partial charge is 0.422 e. The largest absolute Gasteiger partial charge is 0.493 e. The number of nitrogens with zero attached hydrogens (tertiary/aromatic N) is 2. The first kappa shape index (κ1) is 19.3. The molecule has 1 saturated heterocycles. The van der Waals surface area contributed by atoms with Crippen LogP contribution in [-0.4, -0.2) is 55.4 Å². The third-order valence-corrected chi connectivity index (χ3v) is 3.80. The summed E-state index contributed by atoms with van der Waals surface area (Å²) < 4.78 is 46.8. The number of benzene rings is 1. The maximum absolute atomic E-state index is 12.3. The van der Waals surface area contributed by atoms with Crippen LogP contribution in [0, 0.1) is 10.1 Å². The number of piperazine rings is 1. The highest BCUT2D eigenvalue weighted by Gasteiger charge is 2.30. The number of rotatable bonds is 6. The van der Waals surface area contributed by atoms with Crippen LogP contribution >= 0.6 is 0 Å². The van der Waals surface area contributed by atoms with Gasteiger partial charge in [0.05, 0.1) is 18.1 Å². The first-order valence-electron chi connectivity index (χ1n) is 7.70. The molecule has 0 amide bonds. The van der Waals surface area contributed by atoms with Gasteiger partial charge in [0.2, 0.25) is 0 Å². The van der Waals surface area contributed by atoms with Gasteiger partial charge in [-0.15, -0.1) is 0 Å². The van der Waals surface area contributed by atoms with E-state index in [1.807, 2.05) is 11.8 Å². The molecule has 7 nitrogen and oxygen atoms in total. The minimum Gasteiger partial charge on any atom is -0.493 e. The van der Waals surface area contributed by atoms with Gasteiger partial charge in [-0.1, -0.05) is 0 Å². The average molecular weight is 363 g/mol. The normalized spacial score (nSPS) is 18.8.